The van der Waals surface area contributed by atoms with Crippen LogP contribution in [0.15, 0.2) is 30.3 Å². The average molecular weight is 218 g/mol. The Bertz CT molecular complexity index is 340. The number of ether oxygens (including phenoxy) is 1. The van der Waals surface area contributed by atoms with Gasteiger partial charge in [-0.1, -0.05) is 30.3 Å². The first-order valence-corrected chi connectivity index (χ1v) is 5.34. The van der Waals surface area contributed by atoms with Crippen molar-refractivity contribution in [2.45, 2.75) is 26.0 Å². The fourth-order valence-electron chi connectivity index (χ4n) is 1.28. The Hall–Kier alpha value is -1.34. The molecule has 0 aliphatic carbocycles. The summed E-state index contributed by atoms with van der Waals surface area (Å²) in [6, 6.07) is 10.2. The zero-order chi connectivity index (χ0) is 11.6. The zero-order valence-electron chi connectivity index (χ0n) is 9.57. The second-order valence-electron chi connectivity index (χ2n) is 3.50. The summed E-state index contributed by atoms with van der Waals surface area (Å²) in [5.74, 6) is 11.2. The van der Waals surface area contributed by atoms with Crippen LogP contribution in [0, 0.1) is 11.8 Å². The molecule has 0 saturated carbocycles. The van der Waals surface area contributed by atoms with E-state index in [0.717, 1.165) is 0 Å². The quantitative estimate of drug-likeness (QED) is 0.431. The molecule has 0 aromatic heterocycles. The highest BCUT2D eigenvalue weighted by Gasteiger charge is 2.04. The number of nitrogens with one attached hydrogen (secondary N) is 1. The number of hydrazine groups is 1. The molecule has 0 aliphatic rings. The molecule has 3 N–H and O–H groups in total. The van der Waals surface area contributed by atoms with Crippen LogP contribution >= 0.6 is 0 Å². The third-order valence-electron chi connectivity index (χ3n) is 2.19. The summed E-state index contributed by atoms with van der Waals surface area (Å²) in [5, 5.41) is 0. The number of hydrogen-bond donors (Lipinski definition) is 2. The van der Waals surface area contributed by atoms with E-state index in [2.05, 4.69) is 17.3 Å². The van der Waals surface area contributed by atoms with E-state index in [1.165, 1.54) is 5.56 Å². The van der Waals surface area contributed by atoms with Gasteiger partial charge in [0.15, 0.2) is 0 Å². The van der Waals surface area contributed by atoms with Crippen molar-refractivity contribution in [3.05, 3.63) is 35.9 Å². The minimum Gasteiger partial charge on any atom is -0.375 e. The van der Waals surface area contributed by atoms with Crippen LogP contribution in [0.5, 0.6) is 0 Å². The SMILES string of the molecule is CC#CCC(COCc1ccccc1)NN. The van der Waals surface area contributed by atoms with Crippen LogP contribution in [0.3, 0.4) is 0 Å². The van der Waals surface area contributed by atoms with Crippen LogP contribution in [-0.4, -0.2) is 12.6 Å². The van der Waals surface area contributed by atoms with Gasteiger partial charge in [0.1, 0.15) is 0 Å². The highest BCUT2D eigenvalue weighted by Crippen LogP contribution is 2.01. The van der Waals surface area contributed by atoms with Crippen LogP contribution in [-0.2, 0) is 11.3 Å². The van der Waals surface area contributed by atoms with Gasteiger partial charge < -0.3 is 4.74 Å². The maximum absolute atomic E-state index is 5.56. The van der Waals surface area contributed by atoms with Crippen molar-refractivity contribution >= 4 is 0 Å². The minimum atomic E-state index is 0.0937. The van der Waals surface area contributed by atoms with E-state index < -0.39 is 0 Å². The molecule has 0 amide bonds. The lowest BCUT2D eigenvalue weighted by Crippen LogP contribution is -2.38. The van der Waals surface area contributed by atoms with Gasteiger partial charge in [-0.3, -0.25) is 11.3 Å². The summed E-state index contributed by atoms with van der Waals surface area (Å²) in [4.78, 5) is 0. The van der Waals surface area contributed by atoms with Crippen molar-refractivity contribution in [2.24, 2.45) is 5.84 Å². The largest absolute Gasteiger partial charge is 0.375 e. The van der Waals surface area contributed by atoms with Gasteiger partial charge in [0.25, 0.3) is 0 Å². The predicted octanol–water partition coefficient (Wildman–Crippen LogP) is 1.45. The zero-order valence-corrected chi connectivity index (χ0v) is 9.57. The number of benzene rings is 1. The highest BCUT2D eigenvalue weighted by molar-refractivity contribution is 5.13. The third-order valence-corrected chi connectivity index (χ3v) is 2.19. The first kappa shape index (κ1) is 12.7. The summed E-state index contributed by atoms with van der Waals surface area (Å²) in [5.41, 5.74) is 3.86. The van der Waals surface area contributed by atoms with E-state index in [-0.39, 0.29) is 6.04 Å². The number of nitrogens with two attached hydrogens (primary N) is 1. The maximum Gasteiger partial charge on any atom is 0.0717 e. The second-order valence-corrected chi connectivity index (χ2v) is 3.50. The topological polar surface area (TPSA) is 47.3 Å². The van der Waals surface area contributed by atoms with Gasteiger partial charge in [0.2, 0.25) is 0 Å². The third kappa shape index (κ3) is 4.94. The van der Waals surface area contributed by atoms with Gasteiger partial charge in [-0.25, -0.2) is 0 Å². The van der Waals surface area contributed by atoms with Crippen molar-refractivity contribution < 1.29 is 4.74 Å². The predicted molar refractivity (Wildman–Crippen MR) is 65.3 cm³/mol. The molecule has 0 bridgehead atoms. The highest BCUT2D eigenvalue weighted by atomic mass is 16.5. The second kappa shape index (κ2) is 7.89. The molecule has 1 unspecified atom stereocenters. The molecule has 86 valence electrons. The van der Waals surface area contributed by atoms with Crippen molar-refractivity contribution in [3.8, 4) is 11.8 Å². The van der Waals surface area contributed by atoms with Gasteiger partial charge in [-0.05, 0) is 12.5 Å². The first-order valence-electron chi connectivity index (χ1n) is 5.34. The Labute approximate surface area is 97.0 Å². The summed E-state index contributed by atoms with van der Waals surface area (Å²) in [7, 11) is 0. The van der Waals surface area contributed by atoms with E-state index in [1.807, 2.05) is 37.3 Å². The van der Waals surface area contributed by atoms with E-state index in [4.69, 9.17) is 10.6 Å². The summed E-state index contributed by atoms with van der Waals surface area (Å²) in [6.07, 6.45) is 0.710. The van der Waals surface area contributed by atoms with Gasteiger partial charge in [0, 0.05) is 6.42 Å². The minimum absolute atomic E-state index is 0.0937. The van der Waals surface area contributed by atoms with Crippen molar-refractivity contribution in [3.63, 3.8) is 0 Å². The fourth-order valence-corrected chi connectivity index (χ4v) is 1.28. The molecule has 3 nitrogen and oxygen atoms in total. The number of rotatable bonds is 6. The molecule has 1 atom stereocenters. The molecular formula is C13H18N2O. The van der Waals surface area contributed by atoms with Crippen LogP contribution in [0.25, 0.3) is 0 Å². The van der Waals surface area contributed by atoms with E-state index >= 15 is 0 Å². The van der Waals surface area contributed by atoms with Gasteiger partial charge in [0.05, 0.1) is 19.3 Å². The van der Waals surface area contributed by atoms with Crippen molar-refractivity contribution in [2.75, 3.05) is 6.61 Å². The Morgan fingerprint density at radius 3 is 2.75 bits per heavy atom. The lowest BCUT2D eigenvalue weighted by molar-refractivity contribution is 0.0997. The number of hydrogen-bond acceptors (Lipinski definition) is 3. The molecular weight excluding hydrogens is 200 g/mol. The van der Waals surface area contributed by atoms with Crippen molar-refractivity contribution in [1.29, 1.82) is 0 Å². The average Bonchev–Trinajstić information content (AvgIpc) is 2.35. The van der Waals surface area contributed by atoms with E-state index in [9.17, 15) is 0 Å². The monoisotopic (exact) mass is 218 g/mol. The summed E-state index contributed by atoms with van der Waals surface area (Å²) >= 11 is 0. The molecule has 0 fully saturated rings. The van der Waals surface area contributed by atoms with Gasteiger partial charge in [-0.15, -0.1) is 11.8 Å². The molecule has 0 saturated heterocycles. The van der Waals surface area contributed by atoms with Gasteiger partial charge >= 0.3 is 0 Å². The molecule has 0 spiro atoms. The molecule has 0 radical (unpaired) electrons. The molecule has 0 heterocycles. The molecule has 1 rings (SSSR count). The molecule has 1 aromatic carbocycles. The van der Waals surface area contributed by atoms with Crippen molar-refractivity contribution in [1.82, 2.24) is 5.43 Å². The Kier molecular flexibility index (Phi) is 6.28. The first-order chi connectivity index (χ1) is 7.86. The summed E-state index contributed by atoms with van der Waals surface area (Å²) < 4.78 is 5.56. The standard InChI is InChI=1S/C13H18N2O/c1-2-3-9-13(15-14)11-16-10-12-7-5-4-6-8-12/h4-8,13,15H,9-11,14H2,1H3. The Balaban J connectivity index is 2.25. The summed E-state index contributed by atoms with van der Waals surface area (Å²) in [6.45, 7) is 3.00. The van der Waals surface area contributed by atoms with Crippen LogP contribution in [0.1, 0.15) is 18.9 Å². The van der Waals surface area contributed by atoms with Gasteiger partial charge in [-0.2, -0.15) is 0 Å². The van der Waals surface area contributed by atoms with E-state index in [0.29, 0.717) is 19.6 Å². The molecule has 1 aromatic rings. The lowest BCUT2D eigenvalue weighted by Gasteiger charge is -2.13. The molecule has 16 heavy (non-hydrogen) atoms. The molecule has 3 heteroatoms. The smallest absolute Gasteiger partial charge is 0.0717 e. The Morgan fingerprint density at radius 1 is 1.38 bits per heavy atom. The lowest BCUT2D eigenvalue weighted by atomic mass is 10.2. The van der Waals surface area contributed by atoms with Crippen LogP contribution in [0.2, 0.25) is 0 Å². The van der Waals surface area contributed by atoms with Crippen LogP contribution in [0.4, 0.5) is 0 Å². The normalized spacial score (nSPS) is 11.6. The molecule has 0 aliphatic heterocycles. The fraction of sp³-hybridized carbons (Fsp3) is 0.385. The van der Waals surface area contributed by atoms with Crippen LogP contribution < -0.4 is 11.3 Å². The van der Waals surface area contributed by atoms with E-state index in [1.54, 1.807) is 0 Å². The maximum atomic E-state index is 5.56. The Morgan fingerprint density at radius 2 is 2.12 bits per heavy atom.